The number of carboxylic acid groups (broad SMARTS) is 1. The van der Waals surface area contributed by atoms with Crippen LogP contribution in [0, 0.1) is 7.05 Å². The van der Waals surface area contributed by atoms with Gasteiger partial charge in [-0.1, -0.05) is 6.07 Å². The van der Waals surface area contributed by atoms with Crippen molar-refractivity contribution in [2.45, 2.75) is 18.9 Å². The summed E-state index contributed by atoms with van der Waals surface area (Å²) in [4.78, 5) is 11.4. The van der Waals surface area contributed by atoms with Crippen LogP contribution >= 0.6 is 0 Å². The fourth-order valence-electron chi connectivity index (χ4n) is 1.60. The SMILES string of the molecule is [CH][N+](C)(C)C(C)(Cc1ccc(O)c(O)c1)C(=O)O. The molecule has 0 spiro atoms. The summed E-state index contributed by atoms with van der Waals surface area (Å²) < 4.78 is -0.246. The lowest BCUT2D eigenvalue weighted by Crippen LogP contribution is -2.60. The number of hydrogen-bond donors (Lipinski definition) is 3. The number of phenolic OH excluding ortho intramolecular Hbond substituents is 2. The Balaban J connectivity index is 3.12. The zero-order valence-electron chi connectivity index (χ0n) is 10.7. The molecule has 18 heavy (non-hydrogen) atoms. The van der Waals surface area contributed by atoms with Crippen molar-refractivity contribution >= 4 is 5.97 Å². The predicted molar refractivity (Wildman–Crippen MR) is 65.9 cm³/mol. The Morgan fingerprint density at radius 1 is 1.33 bits per heavy atom. The number of phenols is 2. The molecule has 0 heterocycles. The van der Waals surface area contributed by atoms with E-state index in [-0.39, 0.29) is 22.4 Å². The first-order valence-corrected chi connectivity index (χ1v) is 5.45. The van der Waals surface area contributed by atoms with Gasteiger partial charge in [0.1, 0.15) is 0 Å². The second kappa shape index (κ2) is 4.49. The number of benzene rings is 1. The maximum Gasteiger partial charge on any atom is 0.365 e. The molecule has 2 radical (unpaired) electrons. The van der Waals surface area contributed by atoms with Crippen LogP contribution in [0.15, 0.2) is 18.2 Å². The van der Waals surface area contributed by atoms with E-state index in [4.69, 9.17) is 7.05 Å². The van der Waals surface area contributed by atoms with Crippen molar-refractivity contribution in [2.75, 3.05) is 14.1 Å². The topological polar surface area (TPSA) is 77.8 Å². The number of hydrogen-bond acceptors (Lipinski definition) is 3. The molecule has 0 aliphatic rings. The molecule has 1 rings (SSSR count). The minimum absolute atomic E-state index is 0.139. The van der Waals surface area contributed by atoms with Crippen LogP contribution in [0.25, 0.3) is 0 Å². The van der Waals surface area contributed by atoms with Gasteiger partial charge in [0.15, 0.2) is 17.0 Å². The molecule has 1 unspecified atom stereocenters. The highest BCUT2D eigenvalue weighted by molar-refractivity contribution is 5.77. The highest BCUT2D eigenvalue weighted by Gasteiger charge is 2.46. The standard InChI is InChI=1S/C13H18NO4/c1-13(12(17)18,14(2,3)4)8-9-5-6-10(15)11(16)7-9/h2,5-7,15-16H,8H2,1,3-4H3,(H,17,18)/q+1. The van der Waals surface area contributed by atoms with Crippen molar-refractivity contribution in [3.8, 4) is 11.5 Å². The molecule has 98 valence electrons. The maximum absolute atomic E-state index is 11.4. The number of nitrogens with zero attached hydrogens (tertiary/aromatic N) is 1. The number of carbonyl (C=O) groups is 1. The Bertz CT molecular complexity index is 465. The highest BCUT2D eigenvalue weighted by Crippen LogP contribution is 2.30. The van der Waals surface area contributed by atoms with Gasteiger partial charge in [0.2, 0.25) is 7.05 Å². The minimum atomic E-state index is -1.23. The second-order valence-electron chi connectivity index (χ2n) is 5.12. The van der Waals surface area contributed by atoms with Gasteiger partial charge in [0.25, 0.3) is 0 Å². The van der Waals surface area contributed by atoms with Crippen molar-refractivity contribution in [1.82, 2.24) is 0 Å². The maximum atomic E-state index is 11.4. The van der Waals surface area contributed by atoms with Crippen molar-refractivity contribution in [3.05, 3.63) is 30.8 Å². The summed E-state index contributed by atoms with van der Waals surface area (Å²) in [6.45, 7) is 1.54. The number of aromatic hydroxyl groups is 2. The third-order valence-electron chi connectivity index (χ3n) is 3.32. The van der Waals surface area contributed by atoms with Gasteiger partial charge < -0.3 is 19.8 Å². The zero-order valence-corrected chi connectivity index (χ0v) is 10.7. The van der Waals surface area contributed by atoms with Gasteiger partial charge in [0, 0.05) is 13.3 Å². The van der Waals surface area contributed by atoms with Crippen LogP contribution in [0.1, 0.15) is 12.5 Å². The molecule has 0 aromatic heterocycles. The van der Waals surface area contributed by atoms with E-state index in [1.165, 1.54) is 12.1 Å². The molecular formula is C13H18NO4+. The van der Waals surface area contributed by atoms with E-state index in [1.807, 2.05) is 0 Å². The fourth-order valence-corrected chi connectivity index (χ4v) is 1.60. The van der Waals surface area contributed by atoms with Gasteiger partial charge in [-0.3, -0.25) is 0 Å². The van der Waals surface area contributed by atoms with Crippen molar-refractivity contribution in [2.24, 2.45) is 0 Å². The van der Waals surface area contributed by atoms with Crippen LogP contribution in [0.2, 0.25) is 0 Å². The van der Waals surface area contributed by atoms with Gasteiger partial charge >= 0.3 is 5.97 Å². The molecule has 1 atom stereocenters. The average molecular weight is 252 g/mol. The van der Waals surface area contributed by atoms with Crippen LogP contribution in [0.3, 0.4) is 0 Å². The van der Waals surface area contributed by atoms with Crippen LogP contribution in [-0.2, 0) is 11.2 Å². The van der Waals surface area contributed by atoms with Crippen molar-refractivity contribution < 1.29 is 24.6 Å². The first-order chi connectivity index (χ1) is 8.08. The predicted octanol–water partition coefficient (Wildman–Crippen LogP) is 1.23. The molecule has 0 saturated heterocycles. The molecule has 0 saturated carbocycles. The quantitative estimate of drug-likeness (QED) is 0.556. The lowest BCUT2D eigenvalue weighted by Gasteiger charge is -2.39. The molecule has 0 aliphatic carbocycles. The van der Waals surface area contributed by atoms with Crippen LogP contribution in [0.5, 0.6) is 11.5 Å². The normalized spacial score (nSPS) is 15.1. The van der Waals surface area contributed by atoms with Crippen LogP contribution in [-0.4, -0.2) is 45.4 Å². The van der Waals surface area contributed by atoms with Crippen LogP contribution < -0.4 is 0 Å². The van der Waals surface area contributed by atoms with E-state index in [2.05, 4.69) is 0 Å². The first-order valence-electron chi connectivity index (χ1n) is 5.45. The third kappa shape index (κ3) is 2.56. The third-order valence-corrected chi connectivity index (χ3v) is 3.32. The highest BCUT2D eigenvalue weighted by atomic mass is 16.4. The largest absolute Gasteiger partial charge is 0.504 e. The summed E-state index contributed by atoms with van der Waals surface area (Å²) in [5, 5.41) is 28.0. The van der Waals surface area contributed by atoms with E-state index in [9.17, 15) is 20.1 Å². The molecule has 1 aromatic rings. The van der Waals surface area contributed by atoms with Gasteiger partial charge in [-0.05, 0) is 17.7 Å². The molecule has 5 heteroatoms. The zero-order chi connectivity index (χ0) is 14.1. The van der Waals surface area contributed by atoms with Gasteiger partial charge in [-0.15, -0.1) is 0 Å². The fraction of sp³-hybridized carbons (Fsp3) is 0.385. The molecule has 0 fully saturated rings. The number of quaternary nitrogens is 1. The summed E-state index contributed by atoms with van der Waals surface area (Å²) >= 11 is 0. The molecule has 5 nitrogen and oxygen atoms in total. The van der Waals surface area contributed by atoms with E-state index >= 15 is 0 Å². The Labute approximate surface area is 107 Å². The smallest absolute Gasteiger partial charge is 0.365 e. The van der Waals surface area contributed by atoms with Gasteiger partial charge in [-0.2, -0.15) is 0 Å². The molecule has 0 amide bonds. The summed E-state index contributed by atoms with van der Waals surface area (Å²) in [6, 6.07) is 4.22. The van der Waals surface area contributed by atoms with Gasteiger partial charge in [0.05, 0.1) is 14.1 Å². The van der Waals surface area contributed by atoms with Gasteiger partial charge in [-0.25, -0.2) is 4.79 Å². The summed E-state index contributed by atoms with van der Waals surface area (Å²) in [7, 11) is 9.06. The average Bonchev–Trinajstić information content (AvgIpc) is 2.21. The lowest BCUT2D eigenvalue weighted by atomic mass is 9.89. The number of aliphatic carboxylic acids is 1. The van der Waals surface area contributed by atoms with E-state index < -0.39 is 11.5 Å². The number of carboxylic acids is 1. The Morgan fingerprint density at radius 2 is 1.89 bits per heavy atom. The number of rotatable bonds is 4. The van der Waals surface area contributed by atoms with Crippen LogP contribution in [0.4, 0.5) is 0 Å². The van der Waals surface area contributed by atoms with E-state index in [0.29, 0.717) is 5.56 Å². The number of likely N-dealkylation sites (N-methyl/N-ethyl adjacent to an activating group) is 1. The van der Waals surface area contributed by atoms with E-state index in [0.717, 1.165) is 0 Å². The second-order valence-corrected chi connectivity index (χ2v) is 5.12. The summed E-state index contributed by atoms with van der Waals surface area (Å²) in [5.41, 5.74) is -0.643. The molecule has 1 aromatic carbocycles. The van der Waals surface area contributed by atoms with Crippen molar-refractivity contribution in [1.29, 1.82) is 0 Å². The van der Waals surface area contributed by atoms with Crippen molar-refractivity contribution in [3.63, 3.8) is 0 Å². The molecule has 3 N–H and O–H groups in total. The molecular weight excluding hydrogens is 234 g/mol. The van der Waals surface area contributed by atoms with E-state index in [1.54, 1.807) is 27.1 Å². The Kier molecular flexibility index (Phi) is 3.57. The Hall–Kier alpha value is -1.75. The minimum Gasteiger partial charge on any atom is -0.504 e. The monoisotopic (exact) mass is 252 g/mol. The Morgan fingerprint density at radius 3 is 2.28 bits per heavy atom. The molecule has 0 aliphatic heterocycles. The summed E-state index contributed by atoms with van der Waals surface area (Å²) in [5.74, 6) is -1.54. The first kappa shape index (κ1) is 14.3. The molecule has 0 bridgehead atoms. The summed E-state index contributed by atoms with van der Waals surface area (Å²) in [6.07, 6.45) is 0.139. The lowest BCUT2D eigenvalue weighted by molar-refractivity contribution is -0.888.